The molecule has 0 aromatic carbocycles. The van der Waals surface area contributed by atoms with Gasteiger partial charge in [0.2, 0.25) is 0 Å². The number of aliphatic hydroxyl groups is 1. The molecule has 6 heteroatoms. The summed E-state index contributed by atoms with van der Waals surface area (Å²) in [5.74, 6) is 0. The third-order valence-corrected chi connectivity index (χ3v) is 4.10. The van der Waals surface area contributed by atoms with Gasteiger partial charge in [-0.05, 0) is 36.4 Å². The Morgan fingerprint density at radius 3 is 1.78 bits per heavy atom. The number of nitrogens with zero attached hydrogens (tertiary/aromatic N) is 4. The maximum absolute atomic E-state index is 10.5. The van der Waals surface area contributed by atoms with Crippen LogP contribution in [0.1, 0.15) is 17.1 Å². The van der Waals surface area contributed by atoms with Crippen molar-refractivity contribution in [2.75, 3.05) is 13.1 Å². The highest BCUT2D eigenvalue weighted by atomic mass is 16.3. The lowest BCUT2D eigenvalue weighted by atomic mass is 10.2. The van der Waals surface area contributed by atoms with Gasteiger partial charge >= 0.3 is 0 Å². The molecule has 3 rings (SSSR count). The summed E-state index contributed by atoms with van der Waals surface area (Å²) < 4.78 is 0. The summed E-state index contributed by atoms with van der Waals surface area (Å²) in [7, 11) is 0. The molecule has 0 unspecified atom stereocenters. The SMILES string of the molecule is O[C@H](CNCc1ccccn1)CN(Cc1ccccn1)Cc1ccccn1. The minimum atomic E-state index is -0.499. The Bertz CT molecular complexity index is 729. The van der Waals surface area contributed by atoms with E-state index in [0.29, 0.717) is 32.7 Å². The summed E-state index contributed by atoms with van der Waals surface area (Å²) in [4.78, 5) is 15.2. The zero-order valence-electron chi connectivity index (χ0n) is 15.3. The second kappa shape index (κ2) is 10.5. The summed E-state index contributed by atoms with van der Waals surface area (Å²) in [5.41, 5.74) is 2.91. The van der Waals surface area contributed by atoms with E-state index in [1.807, 2.05) is 54.6 Å². The van der Waals surface area contributed by atoms with Crippen LogP contribution in [-0.2, 0) is 19.6 Å². The minimum Gasteiger partial charge on any atom is -0.390 e. The zero-order chi connectivity index (χ0) is 18.7. The van der Waals surface area contributed by atoms with Crippen molar-refractivity contribution in [3.05, 3.63) is 90.3 Å². The molecule has 0 aliphatic carbocycles. The zero-order valence-corrected chi connectivity index (χ0v) is 15.3. The van der Waals surface area contributed by atoms with E-state index in [1.165, 1.54) is 0 Å². The predicted molar refractivity (Wildman–Crippen MR) is 105 cm³/mol. The van der Waals surface area contributed by atoms with E-state index in [-0.39, 0.29) is 0 Å². The minimum absolute atomic E-state index is 0.498. The highest BCUT2D eigenvalue weighted by Gasteiger charge is 2.14. The fourth-order valence-corrected chi connectivity index (χ4v) is 2.86. The van der Waals surface area contributed by atoms with Crippen molar-refractivity contribution < 1.29 is 5.11 Å². The molecule has 0 spiro atoms. The average Bonchev–Trinajstić information content (AvgIpc) is 2.70. The third-order valence-electron chi connectivity index (χ3n) is 4.10. The van der Waals surface area contributed by atoms with Crippen molar-refractivity contribution in [1.82, 2.24) is 25.2 Å². The van der Waals surface area contributed by atoms with Crippen LogP contribution < -0.4 is 5.32 Å². The summed E-state index contributed by atoms with van der Waals surface area (Å²) in [5, 5.41) is 13.8. The van der Waals surface area contributed by atoms with Gasteiger partial charge in [0.1, 0.15) is 0 Å². The maximum atomic E-state index is 10.5. The lowest BCUT2D eigenvalue weighted by Gasteiger charge is -2.24. The molecule has 6 nitrogen and oxygen atoms in total. The highest BCUT2D eigenvalue weighted by Crippen LogP contribution is 2.08. The van der Waals surface area contributed by atoms with Gasteiger partial charge in [-0.15, -0.1) is 0 Å². The number of nitrogens with one attached hydrogen (secondary N) is 1. The van der Waals surface area contributed by atoms with Crippen LogP contribution in [0.25, 0.3) is 0 Å². The second-order valence-electron chi connectivity index (χ2n) is 6.42. The normalized spacial score (nSPS) is 12.2. The number of aromatic nitrogens is 3. The van der Waals surface area contributed by atoms with E-state index in [9.17, 15) is 5.11 Å². The van der Waals surface area contributed by atoms with E-state index in [4.69, 9.17) is 0 Å². The molecule has 27 heavy (non-hydrogen) atoms. The molecule has 0 saturated carbocycles. The molecule has 3 aromatic heterocycles. The van der Waals surface area contributed by atoms with Crippen LogP contribution in [0.4, 0.5) is 0 Å². The van der Waals surface area contributed by atoms with Gasteiger partial charge in [0, 0.05) is 51.3 Å². The first kappa shape index (κ1) is 19.1. The summed E-state index contributed by atoms with van der Waals surface area (Å²) in [6.07, 6.45) is 4.86. The largest absolute Gasteiger partial charge is 0.390 e. The van der Waals surface area contributed by atoms with Crippen LogP contribution in [0.2, 0.25) is 0 Å². The van der Waals surface area contributed by atoms with Crippen LogP contribution >= 0.6 is 0 Å². The monoisotopic (exact) mass is 363 g/mol. The van der Waals surface area contributed by atoms with Crippen LogP contribution in [-0.4, -0.2) is 44.2 Å². The summed E-state index contributed by atoms with van der Waals surface area (Å²) in [6.45, 7) is 2.99. The van der Waals surface area contributed by atoms with Crippen molar-refractivity contribution in [3.8, 4) is 0 Å². The molecule has 2 N–H and O–H groups in total. The number of aliphatic hydroxyl groups excluding tert-OH is 1. The van der Waals surface area contributed by atoms with Gasteiger partial charge in [-0.1, -0.05) is 18.2 Å². The molecule has 0 aliphatic rings. The molecule has 3 heterocycles. The molecule has 0 bridgehead atoms. The second-order valence-corrected chi connectivity index (χ2v) is 6.42. The first-order valence-electron chi connectivity index (χ1n) is 9.10. The molecule has 1 atom stereocenters. The van der Waals surface area contributed by atoms with Crippen LogP contribution in [0.15, 0.2) is 73.2 Å². The molecule has 140 valence electrons. The van der Waals surface area contributed by atoms with Crippen molar-refractivity contribution in [1.29, 1.82) is 0 Å². The van der Waals surface area contributed by atoms with Gasteiger partial charge in [-0.25, -0.2) is 0 Å². The number of hydrogen-bond donors (Lipinski definition) is 2. The molecular weight excluding hydrogens is 338 g/mol. The Labute approximate surface area is 159 Å². The maximum Gasteiger partial charge on any atom is 0.0791 e. The third kappa shape index (κ3) is 6.86. The van der Waals surface area contributed by atoms with Gasteiger partial charge in [-0.3, -0.25) is 19.9 Å². The molecule has 3 aromatic rings. The molecule has 0 amide bonds. The van der Waals surface area contributed by atoms with Crippen LogP contribution in [0.3, 0.4) is 0 Å². The lowest BCUT2D eigenvalue weighted by molar-refractivity contribution is 0.102. The molecule has 0 saturated heterocycles. The smallest absolute Gasteiger partial charge is 0.0791 e. The number of rotatable bonds is 10. The fourth-order valence-electron chi connectivity index (χ4n) is 2.86. The van der Waals surface area contributed by atoms with Crippen molar-refractivity contribution >= 4 is 0 Å². The van der Waals surface area contributed by atoms with E-state index in [0.717, 1.165) is 17.1 Å². The Kier molecular flexibility index (Phi) is 7.41. The number of pyridine rings is 3. The molecular formula is C21H25N5O. The van der Waals surface area contributed by atoms with E-state index in [2.05, 4.69) is 25.2 Å². The molecule has 0 aliphatic heterocycles. The van der Waals surface area contributed by atoms with Gasteiger partial charge in [0.15, 0.2) is 0 Å². The van der Waals surface area contributed by atoms with Crippen molar-refractivity contribution in [2.45, 2.75) is 25.7 Å². The van der Waals surface area contributed by atoms with Crippen LogP contribution in [0, 0.1) is 0 Å². The Morgan fingerprint density at radius 1 is 0.778 bits per heavy atom. The Balaban J connectivity index is 1.54. The average molecular weight is 363 g/mol. The topological polar surface area (TPSA) is 74.2 Å². The first-order chi connectivity index (χ1) is 13.3. The van der Waals surface area contributed by atoms with E-state index >= 15 is 0 Å². The quantitative estimate of drug-likeness (QED) is 0.574. The van der Waals surface area contributed by atoms with Gasteiger partial charge in [0.25, 0.3) is 0 Å². The van der Waals surface area contributed by atoms with Crippen molar-refractivity contribution in [3.63, 3.8) is 0 Å². The fraction of sp³-hybridized carbons (Fsp3) is 0.286. The molecule has 0 radical (unpaired) electrons. The highest BCUT2D eigenvalue weighted by molar-refractivity contribution is 5.06. The van der Waals surface area contributed by atoms with Gasteiger partial charge in [-0.2, -0.15) is 0 Å². The standard InChI is InChI=1S/C21H25N5O/c27-21(14-22-13-18-7-1-4-10-23-18)17-26(15-19-8-2-5-11-24-19)16-20-9-3-6-12-25-20/h1-12,21-22,27H,13-17H2/t21-/m1/s1. The van der Waals surface area contributed by atoms with E-state index < -0.39 is 6.10 Å². The number of hydrogen-bond acceptors (Lipinski definition) is 6. The first-order valence-corrected chi connectivity index (χ1v) is 9.10. The van der Waals surface area contributed by atoms with Gasteiger partial charge in [0.05, 0.1) is 23.2 Å². The van der Waals surface area contributed by atoms with Crippen LogP contribution in [0.5, 0.6) is 0 Å². The van der Waals surface area contributed by atoms with Gasteiger partial charge < -0.3 is 10.4 Å². The Hall–Kier alpha value is -2.67. The van der Waals surface area contributed by atoms with Crippen molar-refractivity contribution in [2.24, 2.45) is 0 Å². The summed E-state index contributed by atoms with van der Waals surface area (Å²) >= 11 is 0. The van der Waals surface area contributed by atoms with E-state index in [1.54, 1.807) is 18.6 Å². The predicted octanol–water partition coefficient (Wildman–Crippen LogP) is 2.02. The Morgan fingerprint density at radius 2 is 1.30 bits per heavy atom. The lowest BCUT2D eigenvalue weighted by Crippen LogP contribution is -2.38. The summed E-state index contributed by atoms with van der Waals surface area (Å²) in [6, 6.07) is 17.6. The molecule has 0 fully saturated rings.